The largest absolute Gasteiger partial charge is 0.356 e. The van der Waals surface area contributed by atoms with Gasteiger partial charge in [0.05, 0.1) is 11.1 Å². The summed E-state index contributed by atoms with van der Waals surface area (Å²) < 4.78 is 5.46. The van der Waals surface area contributed by atoms with Crippen LogP contribution < -0.4 is 0 Å². The third-order valence-corrected chi connectivity index (χ3v) is 3.36. The fraction of sp³-hybridized carbons (Fsp3) is 0. The van der Waals surface area contributed by atoms with Gasteiger partial charge in [0.2, 0.25) is 0 Å². The van der Waals surface area contributed by atoms with Gasteiger partial charge in [-0.1, -0.05) is 35.5 Å². The molecule has 4 rings (SSSR count). The van der Waals surface area contributed by atoms with Crippen molar-refractivity contribution in [2.45, 2.75) is 0 Å². The summed E-state index contributed by atoms with van der Waals surface area (Å²) in [4.78, 5) is 8.60. The number of rotatable bonds is 2. The van der Waals surface area contributed by atoms with Gasteiger partial charge in [-0.05, 0) is 12.1 Å². The Labute approximate surface area is 121 Å². The molecular formula is C17H11N3O. The molecule has 0 atom stereocenters. The quantitative estimate of drug-likeness (QED) is 0.555. The fourth-order valence-electron chi connectivity index (χ4n) is 2.31. The number of nitrogens with zero attached hydrogens (tertiary/aromatic N) is 3. The monoisotopic (exact) mass is 273 g/mol. The number of fused-ring (bicyclic) bond motifs is 1. The Morgan fingerprint density at radius 1 is 0.857 bits per heavy atom. The zero-order chi connectivity index (χ0) is 14.1. The standard InChI is InChI=1S/C17H11N3O/c1-2-5-12(6-3-1)17-14-11-19-15(9-16(14)21-20-17)13-7-4-8-18-10-13/h1-11H. The Bertz CT molecular complexity index is 886. The molecule has 1 aromatic carbocycles. The lowest BCUT2D eigenvalue weighted by atomic mass is 10.1. The summed E-state index contributed by atoms with van der Waals surface area (Å²) in [5.41, 5.74) is 4.34. The highest BCUT2D eigenvalue weighted by atomic mass is 16.5. The Balaban J connectivity index is 1.85. The maximum Gasteiger partial charge on any atom is 0.171 e. The van der Waals surface area contributed by atoms with Crippen LogP contribution >= 0.6 is 0 Å². The van der Waals surface area contributed by atoms with Crippen molar-refractivity contribution in [3.8, 4) is 22.5 Å². The summed E-state index contributed by atoms with van der Waals surface area (Å²) >= 11 is 0. The first-order valence-electron chi connectivity index (χ1n) is 6.63. The summed E-state index contributed by atoms with van der Waals surface area (Å²) in [6.07, 6.45) is 5.32. The highest BCUT2D eigenvalue weighted by Crippen LogP contribution is 2.29. The minimum absolute atomic E-state index is 0.725. The molecule has 0 fully saturated rings. The highest BCUT2D eigenvalue weighted by Gasteiger charge is 2.12. The molecule has 0 saturated carbocycles. The summed E-state index contributed by atoms with van der Waals surface area (Å²) in [6, 6.07) is 15.7. The SMILES string of the molecule is c1ccc(-c2noc3cc(-c4cccnc4)ncc23)cc1. The van der Waals surface area contributed by atoms with Gasteiger partial charge in [0, 0.05) is 35.8 Å². The lowest BCUT2D eigenvalue weighted by Gasteiger charge is -1.99. The van der Waals surface area contributed by atoms with E-state index in [2.05, 4.69) is 15.1 Å². The van der Waals surface area contributed by atoms with Crippen LogP contribution in [0.3, 0.4) is 0 Å². The van der Waals surface area contributed by atoms with E-state index in [0.29, 0.717) is 0 Å². The molecule has 4 heteroatoms. The van der Waals surface area contributed by atoms with Gasteiger partial charge in [-0.25, -0.2) is 0 Å². The molecule has 4 nitrogen and oxygen atoms in total. The minimum Gasteiger partial charge on any atom is -0.356 e. The zero-order valence-electron chi connectivity index (χ0n) is 11.1. The maximum atomic E-state index is 5.46. The molecule has 0 saturated heterocycles. The zero-order valence-corrected chi connectivity index (χ0v) is 11.1. The Morgan fingerprint density at radius 3 is 2.52 bits per heavy atom. The van der Waals surface area contributed by atoms with Crippen molar-refractivity contribution in [2.75, 3.05) is 0 Å². The van der Waals surface area contributed by atoms with Crippen LogP contribution in [0.25, 0.3) is 33.5 Å². The van der Waals surface area contributed by atoms with Crippen molar-refractivity contribution < 1.29 is 4.52 Å². The lowest BCUT2D eigenvalue weighted by Crippen LogP contribution is -1.84. The number of hydrogen-bond donors (Lipinski definition) is 0. The first-order chi connectivity index (χ1) is 10.4. The summed E-state index contributed by atoms with van der Waals surface area (Å²) in [6.45, 7) is 0. The van der Waals surface area contributed by atoms with E-state index < -0.39 is 0 Å². The molecule has 0 N–H and O–H groups in total. The van der Waals surface area contributed by atoms with Crippen LogP contribution in [-0.4, -0.2) is 15.1 Å². The van der Waals surface area contributed by atoms with Crippen LogP contribution in [0.2, 0.25) is 0 Å². The first kappa shape index (κ1) is 11.8. The molecule has 100 valence electrons. The molecule has 0 aliphatic carbocycles. The van der Waals surface area contributed by atoms with Crippen molar-refractivity contribution in [3.63, 3.8) is 0 Å². The molecule has 0 unspecified atom stereocenters. The molecule has 0 aliphatic rings. The number of pyridine rings is 2. The number of aromatic nitrogens is 3. The average Bonchev–Trinajstić information content (AvgIpc) is 2.99. The van der Waals surface area contributed by atoms with Crippen LogP contribution in [0.1, 0.15) is 0 Å². The molecular weight excluding hydrogens is 262 g/mol. The van der Waals surface area contributed by atoms with Crippen molar-refractivity contribution in [1.82, 2.24) is 15.1 Å². The van der Waals surface area contributed by atoms with E-state index in [1.165, 1.54) is 0 Å². The molecule has 0 spiro atoms. The van der Waals surface area contributed by atoms with Gasteiger partial charge in [0.15, 0.2) is 5.58 Å². The highest BCUT2D eigenvalue weighted by molar-refractivity contribution is 5.92. The molecule has 0 radical (unpaired) electrons. The molecule has 3 heterocycles. The van der Waals surface area contributed by atoms with E-state index >= 15 is 0 Å². The number of hydrogen-bond acceptors (Lipinski definition) is 4. The molecule has 0 amide bonds. The topological polar surface area (TPSA) is 51.8 Å². The van der Waals surface area contributed by atoms with Crippen molar-refractivity contribution in [1.29, 1.82) is 0 Å². The fourth-order valence-corrected chi connectivity index (χ4v) is 2.31. The lowest BCUT2D eigenvalue weighted by molar-refractivity contribution is 0.459. The summed E-state index contributed by atoms with van der Waals surface area (Å²) in [5, 5.41) is 5.08. The van der Waals surface area contributed by atoms with E-state index in [1.807, 2.05) is 48.5 Å². The van der Waals surface area contributed by atoms with Crippen molar-refractivity contribution in [2.24, 2.45) is 0 Å². The Morgan fingerprint density at radius 2 is 1.71 bits per heavy atom. The van der Waals surface area contributed by atoms with Crippen molar-refractivity contribution >= 4 is 11.0 Å². The second-order valence-electron chi connectivity index (χ2n) is 4.70. The predicted octanol–water partition coefficient (Wildman–Crippen LogP) is 3.95. The second kappa shape index (κ2) is 4.83. The average molecular weight is 273 g/mol. The van der Waals surface area contributed by atoms with E-state index in [1.54, 1.807) is 18.6 Å². The van der Waals surface area contributed by atoms with Gasteiger partial charge in [-0.2, -0.15) is 0 Å². The van der Waals surface area contributed by atoms with E-state index in [9.17, 15) is 0 Å². The van der Waals surface area contributed by atoms with Crippen LogP contribution in [0.15, 0.2) is 71.6 Å². The van der Waals surface area contributed by atoms with E-state index in [-0.39, 0.29) is 0 Å². The van der Waals surface area contributed by atoms with Crippen LogP contribution in [-0.2, 0) is 0 Å². The van der Waals surface area contributed by atoms with Crippen molar-refractivity contribution in [3.05, 3.63) is 67.1 Å². The van der Waals surface area contributed by atoms with E-state index in [0.717, 1.165) is 33.5 Å². The van der Waals surface area contributed by atoms with Gasteiger partial charge >= 0.3 is 0 Å². The van der Waals surface area contributed by atoms with Gasteiger partial charge in [-0.3, -0.25) is 9.97 Å². The van der Waals surface area contributed by atoms with Crippen LogP contribution in [0.5, 0.6) is 0 Å². The Kier molecular flexibility index (Phi) is 2.71. The molecule has 3 aromatic heterocycles. The van der Waals surface area contributed by atoms with Crippen LogP contribution in [0, 0.1) is 0 Å². The second-order valence-corrected chi connectivity index (χ2v) is 4.70. The summed E-state index contributed by atoms with van der Waals surface area (Å²) in [5.74, 6) is 0. The molecule has 0 aliphatic heterocycles. The smallest absolute Gasteiger partial charge is 0.171 e. The van der Waals surface area contributed by atoms with Gasteiger partial charge in [0.1, 0.15) is 5.69 Å². The Hall–Kier alpha value is -3.01. The molecule has 0 bridgehead atoms. The maximum absolute atomic E-state index is 5.46. The molecule has 21 heavy (non-hydrogen) atoms. The first-order valence-corrected chi connectivity index (χ1v) is 6.63. The van der Waals surface area contributed by atoms with Gasteiger partial charge in [0.25, 0.3) is 0 Å². The number of benzene rings is 1. The van der Waals surface area contributed by atoms with Gasteiger partial charge in [-0.15, -0.1) is 0 Å². The van der Waals surface area contributed by atoms with Crippen LogP contribution in [0.4, 0.5) is 0 Å². The predicted molar refractivity (Wildman–Crippen MR) is 80.5 cm³/mol. The summed E-state index contributed by atoms with van der Waals surface area (Å²) in [7, 11) is 0. The van der Waals surface area contributed by atoms with Gasteiger partial charge < -0.3 is 4.52 Å². The molecule has 4 aromatic rings. The third kappa shape index (κ3) is 2.07. The normalized spacial score (nSPS) is 10.9. The minimum atomic E-state index is 0.725. The third-order valence-electron chi connectivity index (χ3n) is 3.36. The van der Waals surface area contributed by atoms with E-state index in [4.69, 9.17) is 4.52 Å².